The fourth-order valence-corrected chi connectivity index (χ4v) is 16.3. The molecule has 2 aliphatic carbocycles. The first-order valence-corrected chi connectivity index (χ1v) is 28.1. The Morgan fingerprint density at radius 1 is 0.466 bits per heavy atom. The zero-order valence-corrected chi connectivity index (χ0v) is 45.8. The highest BCUT2D eigenvalue weighted by molar-refractivity contribution is 7.00. The fourth-order valence-electron chi connectivity index (χ4n) is 16.3. The van der Waals surface area contributed by atoms with E-state index in [2.05, 4.69) is 231 Å². The lowest BCUT2D eigenvalue weighted by Gasteiger charge is -2.54. The van der Waals surface area contributed by atoms with Gasteiger partial charge in [-0.1, -0.05) is 186 Å². The van der Waals surface area contributed by atoms with Crippen molar-refractivity contribution in [3.8, 4) is 16.8 Å². The number of aromatic nitrogens is 1. The van der Waals surface area contributed by atoms with Gasteiger partial charge in [0.05, 0.1) is 16.6 Å². The van der Waals surface area contributed by atoms with Crippen molar-refractivity contribution in [1.82, 2.24) is 4.57 Å². The second kappa shape index (κ2) is 14.6. The first kappa shape index (κ1) is 45.6. The molecule has 14 rings (SSSR count). The Kier molecular flexibility index (Phi) is 9.15. The molecule has 0 amide bonds. The second-order valence-corrected chi connectivity index (χ2v) is 27.4. The SMILES string of the molecule is CC(C)(C)c1cc2c3c(c1)C1(c4ccccc4)CCCCC1(C)N3c1cc(N3c4ccc(-c5ccccc5)cc4C4(C)CCCCC34C)cc3c1B2c1cc(C(C)(C)C)cc2c4cc(C(C)(C)C)ccc4n-3c12. The maximum absolute atomic E-state index is 2.99. The zero-order chi connectivity index (χ0) is 50.6. The fraction of sp³-hybridized carbons (Fsp3) is 0.391. The first-order chi connectivity index (χ1) is 34.7. The number of hydrogen-bond acceptors (Lipinski definition) is 2. The van der Waals surface area contributed by atoms with Crippen LogP contribution in [0.1, 0.15) is 168 Å². The van der Waals surface area contributed by atoms with E-state index in [1.54, 1.807) is 5.56 Å². The minimum Gasteiger partial charge on any atom is -0.335 e. The molecule has 3 nitrogen and oxygen atoms in total. The lowest BCUT2D eigenvalue weighted by Crippen LogP contribution is -2.64. The van der Waals surface area contributed by atoms with Gasteiger partial charge in [-0.15, -0.1) is 0 Å². The van der Waals surface area contributed by atoms with E-state index in [-0.39, 0.29) is 44.9 Å². The van der Waals surface area contributed by atoms with Gasteiger partial charge in [-0.05, 0) is 159 Å². The van der Waals surface area contributed by atoms with Crippen molar-refractivity contribution < 1.29 is 0 Å². The van der Waals surface area contributed by atoms with Crippen LogP contribution < -0.4 is 26.2 Å². The second-order valence-electron chi connectivity index (χ2n) is 27.4. The van der Waals surface area contributed by atoms with E-state index >= 15 is 0 Å². The van der Waals surface area contributed by atoms with E-state index in [1.807, 2.05) is 0 Å². The minimum absolute atomic E-state index is 0.0134. The van der Waals surface area contributed by atoms with E-state index in [0.29, 0.717) is 0 Å². The van der Waals surface area contributed by atoms with Gasteiger partial charge >= 0.3 is 0 Å². The topological polar surface area (TPSA) is 11.4 Å². The molecule has 7 aromatic carbocycles. The molecule has 4 aliphatic heterocycles. The third-order valence-electron chi connectivity index (χ3n) is 20.4. The molecule has 0 bridgehead atoms. The van der Waals surface area contributed by atoms with Gasteiger partial charge in [0.1, 0.15) is 0 Å². The van der Waals surface area contributed by atoms with Crippen molar-refractivity contribution >= 4 is 67.7 Å². The molecule has 1 aromatic heterocycles. The number of benzene rings is 7. The zero-order valence-electron chi connectivity index (χ0n) is 45.8. The standard InChI is InChI=1S/C69H74BN3/c1-63(2,3)46-28-30-56-50(36-46)51-37-47(64(4,5)6)39-54-61(51)71(56)58-41-49(72-57-29-27-44(43-23-15-13-16-24-43)35-52(57)66(10)31-19-20-32-67(66,72)11)42-59-60(58)70(54)55-40-48(65(7,8)9)38-53-62(55)73(59)68(12)33-21-22-34-69(53,68)45-25-17-14-18-26-45/h13-18,23-30,35-42H,19-22,31-34H2,1-12H3. The summed E-state index contributed by atoms with van der Waals surface area (Å²) in [7, 11) is 0. The molecule has 0 radical (unpaired) electrons. The highest BCUT2D eigenvalue weighted by Gasteiger charge is 2.65. The summed E-state index contributed by atoms with van der Waals surface area (Å²) in [5, 5.41) is 2.76. The third kappa shape index (κ3) is 5.80. The molecule has 4 unspecified atom stereocenters. The number of rotatable bonds is 3. The highest BCUT2D eigenvalue weighted by atomic mass is 15.3. The third-order valence-corrected chi connectivity index (χ3v) is 20.4. The van der Waals surface area contributed by atoms with Crippen LogP contribution in [0, 0.1) is 0 Å². The number of fused-ring (bicyclic) bond motifs is 13. The molecule has 5 heterocycles. The molecule has 2 saturated carbocycles. The summed E-state index contributed by atoms with van der Waals surface area (Å²) in [5.41, 5.74) is 24.9. The van der Waals surface area contributed by atoms with Gasteiger partial charge < -0.3 is 14.4 Å². The minimum atomic E-state index is -0.211. The molecule has 0 saturated heterocycles. The molecular weight excluding hydrogens is 882 g/mol. The van der Waals surface area contributed by atoms with Gasteiger partial charge in [0.25, 0.3) is 6.71 Å². The molecule has 368 valence electrons. The quantitative estimate of drug-likeness (QED) is 0.164. The highest BCUT2D eigenvalue weighted by Crippen LogP contribution is 2.66. The van der Waals surface area contributed by atoms with Gasteiger partial charge in [-0.3, -0.25) is 0 Å². The summed E-state index contributed by atoms with van der Waals surface area (Å²) in [4.78, 5) is 5.87. The average molecular weight is 956 g/mol. The molecule has 73 heavy (non-hydrogen) atoms. The molecule has 2 fully saturated rings. The molecule has 0 spiro atoms. The molecule has 8 aromatic rings. The summed E-state index contributed by atoms with van der Waals surface area (Å²) in [5.74, 6) is 0. The predicted octanol–water partition coefficient (Wildman–Crippen LogP) is 16.0. The van der Waals surface area contributed by atoms with Crippen LogP contribution in [0.2, 0.25) is 0 Å². The van der Waals surface area contributed by atoms with Crippen molar-refractivity contribution in [2.45, 2.75) is 173 Å². The molecule has 6 aliphatic rings. The van der Waals surface area contributed by atoms with Crippen molar-refractivity contribution in [1.29, 1.82) is 0 Å². The van der Waals surface area contributed by atoms with Gasteiger partial charge in [-0.2, -0.15) is 0 Å². The Morgan fingerprint density at radius 2 is 1.08 bits per heavy atom. The largest absolute Gasteiger partial charge is 0.335 e. The lowest BCUT2D eigenvalue weighted by molar-refractivity contribution is 0.195. The van der Waals surface area contributed by atoms with E-state index < -0.39 is 0 Å². The molecular formula is C69H74BN3. The summed E-state index contributed by atoms with van der Waals surface area (Å²) >= 11 is 0. The smallest absolute Gasteiger partial charge is 0.252 e. The van der Waals surface area contributed by atoms with Crippen molar-refractivity contribution in [3.05, 3.63) is 167 Å². The number of hydrogen-bond donors (Lipinski definition) is 0. The van der Waals surface area contributed by atoms with E-state index in [1.165, 1.54) is 138 Å². The predicted molar refractivity (Wildman–Crippen MR) is 312 cm³/mol. The molecule has 4 heteroatoms. The Morgan fingerprint density at radius 3 is 1.79 bits per heavy atom. The summed E-state index contributed by atoms with van der Waals surface area (Å²) in [6, 6.07) is 53.9. The normalized spacial score (nSPS) is 24.7. The van der Waals surface area contributed by atoms with Crippen LogP contribution in [0.15, 0.2) is 133 Å². The van der Waals surface area contributed by atoms with Crippen LogP contribution in [0.3, 0.4) is 0 Å². The lowest BCUT2D eigenvalue weighted by atomic mass is 9.33. The first-order valence-electron chi connectivity index (χ1n) is 28.1. The van der Waals surface area contributed by atoms with Crippen LogP contribution in [0.5, 0.6) is 0 Å². The summed E-state index contributed by atoms with van der Waals surface area (Å²) < 4.78 is 2.76. The Hall–Kier alpha value is -6.00. The van der Waals surface area contributed by atoms with Gasteiger partial charge in [0.2, 0.25) is 0 Å². The van der Waals surface area contributed by atoms with E-state index in [0.717, 1.165) is 19.3 Å². The van der Waals surface area contributed by atoms with Crippen LogP contribution in [-0.2, 0) is 27.1 Å². The Bertz CT molecular complexity index is 3650. The van der Waals surface area contributed by atoms with Crippen LogP contribution in [-0.4, -0.2) is 22.4 Å². The maximum Gasteiger partial charge on any atom is 0.252 e. The van der Waals surface area contributed by atoms with E-state index in [4.69, 9.17) is 0 Å². The van der Waals surface area contributed by atoms with Gasteiger partial charge in [0, 0.05) is 55.6 Å². The number of anilines is 4. The van der Waals surface area contributed by atoms with Crippen molar-refractivity contribution in [3.63, 3.8) is 0 Å². The number of nitrogens with zero attached hydrogens (tertiary/aromatic N) is 3. The molecule has 0 N–H and O–H groups in total. The van der Waals surface area contributed by atoms with Gasteiger partial charge in [0.15, 0.2) is 0 Å². The van der Waals surface area contributed by atoms with E-state index in [9.17, 15) is 0 Å². The molecule has 4 atom stereocenters. The van der Waals surface area contributed by atoms with Crippen LogP contribution in [0.4, 0.5) is 22.7 Å². The maximum atomic E-state index is 2.99. The van der Waals surface area contributed by atoms with Gasteiger partial charge in [-0.25, -0.2) is 0 Å². The van der Waals surface area contributed by atoms with Crippen LogP contribution >= 0.6 is 0 Å². The van der Waals surface area contributed by atoms with Crippen molar-refractivity contribution in [2.75, 3.05) is 9.80 Å². The summed E-state index contributed by atoms with van der Waals surface area (Å²) in [6.45, 7) is 29.7. The Balaban J connectivity index is 1.15. The average Bonchev–Trinajstić information content (AvgIpc) is 3.92. The Labute approximate surface area is 436 Å². The monoisotopic (exact) mass is 956 g/mol. The van der Waals surface area contributed by atoms with Crippen LogP contribution in [0.25, 0.3) is 38.6 Å². The summed E-state index contributed by atoms with van der Waals surface area (Å²) in [6.07, 6.45) is 9.55. The van der Waals surface area contributed by atoms with Crippen molar-refractivity contribution in [2.24, 2.45) is 0 Å².